The van der Waals surface area contributed by atoms with Gasteiger partial charge in [0.15, 0.2) is 0 Å². The molecule has 0 saturated heterocycles. The molecule has 5 heteroatoms. The topological polar surface area (TPSA) is 56.5 Å². The van der Waals surface area contributed by atoms with E-state index in [1.54, 1.807) is 19.1 Å². The van der Waals surface area contributed by atoms with Crippen LogP contribution in [0.1, 0.15) is 18.1 Å². The van der Waals surface area contributed by atoms with E-state index in [-0.39, 0.29) is 6.42 Å². The second kappa shape index (κ2) is 5.32. The second-order valence-electron chi connectivity index (χ2n) is 4.08. The van der Waals surface area contributed by atoms with Gasteiger partial charge in [-0.25, -0.2) is 4.79 Å². The smallest absolute Gasteiger partial charge is 0.336 e. The first-order valence-corrected chi connectivity index (χ1v) is 6.07. The van der Waals surface area contributed by atoms with Crippen molar-refractivity contribution in [2.24, 2.45) is 0 Å². The zero-order valence-corrected chi connectivity index (χ0v) is 11.4. The van der Waals surface area contributed by atoms with E-state index < -0.39 is 11.6 Å². The molecule has 0 aliphatic rings. The number of hydrogen-bond donors (Lipinski definition) is 0. The number of thiocarbonyl (C=S) groups is 1. The normalized spacial score (nSPS) is 10.4. The maximum Gasteiger partial charge on any atom is 0.336 e. The van der Waals surface area contributed by atoms with Gasteiger partial charge in [-0.05, 0) is 12.5 Å². The van der Waals surface area contributed by atoms with Crippen LogP contribution < -0.4 is 5.63 Å². The summed E-state index contributed by atoms with van der Waals surface area (Å²) < 4.78 is 9.84. The minimum absolute atomic E-state index is 0.0263. The lowest BCUT2D eigenvalue weighted by Crippen LogP contribution is -2.09. The molecule has 0 unspecified atom stereocenters. The molecule has 0 N–H and O–H groups in total. The molecule has 0 saturated carbocycles. The van der Waals surface area contributed by atoms with Crippen LogP contribution in [-0.4, -0.2) is 17.9 Å². The molecule has 1 aromatic heterocycles. The monoisotopic (exact) mass is 276 g/mol. The van der Waals surface area contributed by atoms with Gasteiger partial charge in [0.1, 0.15) is 5.58 Å². The standard InChI is InChI=1S/C14H12O4S/c1-8(19)10-4-3-5-11-9(6-12(15)17-2)7-13(16)18-14(10)11/h3-5,7H,6H2,1-2H3. The van der Waals surface area contributed by atoms with Crippen LogP contribution >= 0.6 is 12.2 Å². The molecule has 4 nitrogen and oxygen atoms in total. The molecular formula is C14H12O4S. The van der Waals surface area contributed by atoms with Gasteiger partial charge in [-0.15, -0.1) is 0 Å². The number of benzene rings is 1. The first-order valence-electron chi connectivity index (χ1n) is 5.66. The van der Waals surface area contributed by atoms with Gasteiger partial charge >= 0.3 is 11.6 Å². The van der Waals surface area contributed by atoms with Gasteiger partial charge < -0.3 is 9.15 Å². The number of carbonyl (C=O) groups is 1. The van der Waals surface area contributed by atoms with Crippen molar-refractivity contribution >= 4 is 34.0 Å². The molecule has 1 aromatic carbocycles. The van der Waals surface area contributed by atoms with Crippen LogP contribution in [0.25, 0.3) is 11.0 Å². The minimum atomic E-state index is -0.505. The van der Waals surface area contributed by atoms with Crippen molar-refractivity contribution in [2.45, 2.75) is 13.3 Å². The molecular weight excluding hydrogens is 264 g/mol. The molecule has 0 atom stereocenters. The Labute approximate surface area is 115 Å². The Morgan fingerprint density at radius 3 is 2.79 bits per heavy atom. The van der Waals surface area contributed by atoms with Crippen LogP contribution in [0.4, 0.5) is 0 Å². The van der Waals surface area contributed by atoms with E-state index in [9.17, 15) is 9.59 Å². The second-order valence-corrected chi connectivity index (χ2v) is 4.69. The molecule has 19 heavy (non-hydrogen) atoms. The van der Waals surface area contributed by atoms with E-state index in [2.05, 4.69) is 4.74 Å². The van der Waals surface area contributed by atoms with E-state index in [0.29, 0.717) is 27.0 Å². The Bertz CT molecular complexity index is 715. The van der Waals surface area contributed by atoms with Crippen molar-refractivity contribution in [1.29, 1.82) is 0 Å². The summed E-state index contributed by atoms with van der Waals surface area (Å²) in [5.74, 6) is -0.406. The van der Waals surface area contributed by atoms with Crippen LogP contribution in [0, 0.1) is 0 Å². The summed E-state index contributed by atoms with van der Waals surface area (Å²) >= 11 is 5.13. The number of para-hydroxylation sites is 1. The average molecular weight is 276 g/mol. The highest BCUT2D eigenvalue weighted by atomic mass is 32.1. The van der Waals surface area contributed by atoms with E-state index in [1.165, 1.54) is 13.2 Å². The summed E-state index contributed by atoms with van der Waals surface area (Å²) in [6, 6.07) is 6.70. The maximum absolute atomic E-state index is 11.6. The number of carbonyl (C=O) groups excluding carboxylic acids is 1. The van der Waals surface area contributed by atoms with Gasteiger partial charge in [0.2, 0.25) is 0 Å². The maximum atomic E-state index is 11.6. The van der Waals surface area contributed by atoms with Gasteiger partial charge in [0, 0.05) is 21.9 Å². The van der Waals surface area contributed by atoms with Crippen LogP contribution in [0.2, 0.25) is 0 Å². The fraction of sp³-hybridized carbons (Fsp3) is 0.214. The molecule has 0 amide bonds. The SMILES string of the molecule is COC(=O)Cc1cc(=O)oc2c(C(C)=S)cccc12. The Morgan fingerprint density at radius 1 is 1.42 bits per heavy atom. The number of hydrogen-bond acceptors (Lipinski definition) is 5. The molecule has 0 radical (unpaired) electrons. The minimum Gasteiger partial charge on any atom is -0.469 e. The largest absolute Gasteiger partial charge is 0.469 e. The lowest BCUT2D eigenvalue weighted by atomic mass is 10.0. The Morgan fingerprint density at radius 2 is 2.16 bits per heavy atom. The number of fused-ring (bicyclic) bond motifs is 1. The van der Waals surface area contributed by atoms with Gasteiger partial charge in [-0.2, -0.15) is 0 Å². The lowest BCUT2D eigenvalue weighted by Gasteiger charge is -2.07. The van der Waals surface area contributed by atoms with Gasteiger partial charge in [-0.3, -0.25) is 4.79 Å². The molecule has 0 aliphatic heterocycles. The van der Waals surface area contributed by atoms with Crippen molar-refractivity contribution in [2.75, 3.05) is 7.11 Å². The van der Waals surface area contributed by atoms with Crippen LogP contribution in [0.3, 0.4) is 0 Å². The molecule has 0 bridgehead atoms. The van der Waals surface area contributed by atoms with E-state index in [0.717, 1.165) is 0 Å². The third kappa shape index (κ3) is 2.71. The first-order chi connectivity index (χ1) is 9.02. The van der Waals surface area contributed by atoms with E-state index in [1.807, 2.05) is 6.07 Å². The summed E-state index contributed by atoms with van der Waals surface area (Å²) in [5, 5.41) is 0.701. The number of ether oxygens (including phenoxy) is 1. The lowest BCUT2D eigenvalue weighted by molar-refractivity contribution is -0.139. The molecule has 2 aromatic rings. The van der Waals surface area contributed by atoms with Gasteiger partial charge in [-0.1, -0.05) is 30.4 Å². The molecule has 2 rings (SSSR count). The van der Waals surface area contributed by atoms with E-state index >= 15 is 0 Å². The number of methoxy groups -OCH3 is 1. The highest BCUT2D eigenvalue weighted by Gasteiger charge is 2.13. The highest BCUT2D eigenvalue weighted by molar-refractivity contribution is 7.80. The molecule has 0 fully saturated rings. The third-order valence-corrected chi connectivity index (χ3v) is 3.02. The summed E-state index contributed by atoms with van der Waals surface area (Å²) in [5.41, 5.74) is 1.18. The summed E-state index contributed by atoms with van der Waals surface area (Å²) in [7, 11) is 1.31. The number of esters is 1. The predicted octanol–water partition coefficient (Wildman–Crippen LogP) is 2.25. The summed E-state index contributed by atoms with van der Waals surface area (Å²) in [4.78, 5) is 23.6. The quantitative estimate of drug-likeness (QED) is 0.372. The summed E-state index contributed by atoms with van der Waals surface area (Å²) in [6.07, 6.45) is 0.0263. The fourth-order valence-corrected chi connectivity index (χ4v) is 2.06. The zero-order chi connectivity index (χ0) is 14.0. The van der Waals surface area contributed by atoms with Crippen LogP contribution in [0.15, 0.2) is 33.5 Å². The third-order valence-electron chi connectivity index (χ3n) is 2.80. The van der Waals surface area contributed by atoms with Gasteiger partial charge in [0.25, 0.3) is 0 Å². The first kappa shape index (κ1) is 13.4. The van der Waals surface area contributed by atoms with Crippen molar-refractivity contribution in [3.63, 3.8) is 0 Å². The Hall–Kier alpha value is -2.01. The molecule has 0 aliphatic carbocycles. The zero-order valence-electron chi connectivity index (χ0n) is 10.6. The van der Waals surface area contributed by atoms with Gasteiger partial charge in [0.05, 0.1) is 13.5 Å². The summed E-state index contributed by atoms with van der Waals surface area (Å²) in [6.45, 7) is 1.76. The Balaban J connectivity index is 2.72. The fourth-order valence-electron chi connectivity index (χ4n) is 1.90. The average Bonchev–Trinajstić information content (AvgIpc) is 2.37. The molecule has 1 heterocycles. The molecule has 0 spiro atoms. The number of rotatable bonds is 3. The Kier molecular flexibility index (Phi) is 3.76. The van der Waals surface area contributed by atoms with Crippen LogP contribution in [-0.2, 0) is 16.0 Å². The predicted molar refractivity (Wildman–Crippen MR) is 75.6 cm³/mol. The van der Waals surface area contributed by atoms with Crippen molar-refractivity contribution in [3.8, 4) is 0 Å². The highest BCUT2D eigenvalue weighted by Crippen LogP contribution is 2.22. The van der Waals surface area contributed by atoms with E-state index in [4.69, 9.17) is 16.6 Å². The van der Waals surface area contributed by atoms with Crippen molar-refractivity contribution < 1.29 is 13.9 Å². The van der Waals surface area contributed by atoms with Crippen LogP contribution in [0.5, 0.6) is 0 Å². The molecule has 98 valence electrons. The van der Waals surface area contributed by atoms with Crippen molar-refractivity contribution in [3.05, 3.63) is 45.8 Å². The van der Waals surface area contributed by atoms with Crippen molar-refractivity contribution in [1.82, 2.24) is 0 Å².